The van der Waals surface area contributed by atoms with Crippen LogP contribution >= 0.6 is 23.1 Å². The van der Waals surface area contributed by atoms with Crippen molar-refractivity contribution in [1.29, 1.82) is 0 Å². The molecule has 0 spiro atoms. The van der Waals surface area contributed by atoms with E-state index in [0.717, 1.165) is 11.5 Å². The fraction of sp³-hybridized carbons (Fsp3) is 0.0833. The van der Waals surface area contributed by atoms with Gasteiger partial charge in [0.2, 0.25) is 0 Å². The summed E-state index contributed by atoms with van der Waals surface area (Å²) in [5.41, 5.74) is -0.232. The van der Waals surface area contributed by atoms with Gasteiger partial charge in [-0.1, -0.05) is 11.6 Å². The Morgan fingerprint density at radius 1 is 1.33 bits per heavy atom. The average Bonchev–Trinajstić information content (AvgIpc) is 2.74. The number of amides is 1. The van der Waals surface area contributed by atoms with E-state index in [-0.39, 0.29) is 26.8 Å². The standard InChI is InChI=1S/C12H7ClF2N2O3S/c1-4-9(12(19)20)11(21-17-4)16-10(18)5-2-7(14)8(15)3-6(5)13/h2-3H,1H3,(H,16,18)(H,19,20). The van der Waals surface area contributed by atoms with Gasteiger partial charge in [-0.05, 0) is 30.6 Å². The Kier molecular flexibility index (Phi) is 4.19. The Hall–Kier alpha value is -2.06. The number of nitrogens with zero attached hydrogens (tertiary/aromatic N) is 1. The van der Waals surface area contributed by atoms with Gasteiger partial charge in [-0.25, -0.2) is 13.6 Å². The van der Waals surface area contributed by atoms with Crippen molar-refractivity contribution in [2.75, 3.05) is 5.32 Å². The normalized spacial score (nSPS) is 10.5. The predicted molar refractivity (Wildman–Crippen MR) is 73.1 cm³/mol. The summed E-state index contributed by atoms with van der Waals surface area (Å²) in [7, 11) is 0. The van der Waals surface area contributed by atoms with Crippen LogP contribution in [0.5, 0.6) is 0 Å². The summed E-state index contributed by atoms with van der Waals surface area (Å²) in [5.74, 6) is -4.53. The highest BCUT2D eigenvalue weighted by Crippen LogP contribution is 2.27. The summed E-state index contributed by atoms with van der Waals surface area (Å²) in [6.07, 6.45) is 0. The van der Waals surface area contributed by atoms with Crippen LogP contribution in [-0.2, 0) is 0 Å². The van der Waals surface area contributed by atoms with E-state index < -0.39 is 23.5 Å². The summed E-state index contributed by atoms with van der Waals surface area (Å²) >= 11 is 6.44. The van der Waals surface area contributed by atoms with Crippen LogP contribution in [0.2, 0.25) is 5.02 Å². The van der Waals surface area contributed by atoms with Crippen LogP contribution in [0.1, 0.15) is 26.4 Å². The molecule has 2 rings (SSSR count). The van der Waals surface area contributed by atoms with Crippen molar-refractivity contribution < 1.29 is 23.5 Å². The molecule has 1 aromatic carbocycles. The molecule has 1 amide bonds. The molecule has 0 unspecified atom stereocenters. The molecule has 0 aliphatic heterocycles. The van der Waals surface area contributed by atoms with E-state index in [1.807, 2.05) is 0 Å². The Bertz CT molecular complexity index is 748. The average molecular weight is 333 g/mol. The molecule has 1 heterocycles. The van der Waals surface area contributed by atoms with E-state index in [9.17, 15) is 18.4 Å². The zero-order valence-electron chi connectivity index (χ0n) is 10.4. The smallest absolute Gasteiger partial charge is 0.340 e. The van der Waals surface area contributed by atoms with Crippen LogP contribution in [0.3, 0.4) is 0 Å². The molecule has 0 saturated heterocycles. The molecule has 110 valence electrons. The number of carbonyl (C=O) groups is 2. The van der Waals surface area contributed by atoms with E-state index in [1.54, 1.807) is 0 Å². The van der Waals surface area contributed by atoms with Crippen LogP contribution in [0, 0.1) is 18.6 Å². The van der Waals surface area contributed by atoms with Crippen molar-refractivity contribution in [2.24, 2.45) is 0 Å². The lowest BCUT2D eigenvalue weighted by atomic mass is 10.2. The van der Waals surface area contributed by atoms with E-state index in [4.69, 9.17) is 16.7 Å². The molecule has 0 aliphatic carbocycles. The van der Waals surface area contributed by atoms with Gasteiger partial charge in [-0.2, -0.15) is 4.37 Å². The highest BCUT2D eigenvalue weighted by atomic mass is 35.5. The molecule has 5 nitrogen and oxygen atoms in total. The van der Waals surface area contributed by atoms with Gasteiger partial charge < -0.3 is 10.4 Å². The number of hydrogen-bond donors (Lipinski definition) is 2. The van der Waals surface area contributed by atoms with Crippen LogP contribution in [0.4, 0.5) is 13.8 Å². The maximum atomic E-state index is 13.2. The van der Waals surface area contributed by atoms with Crippen molar-refractivity contribution in [1.82, 2.24) is 4.37 Å². The Labute approximate surface area is 126 Å². The van der Waals surface area contributed by atoms with E-state index in [2.05, 4.69) is 9.69 Å². The SMILES string of the molecule is Cc1nsc(NC(=O)c2cc(F)c(F)cc2Cl)c1C(=O)O. The summed E-state index contributed by atoms with van der Waals surface area (Å²) in [6.45, 7) is 1.47. The first kappa shape index (κ1) is 15.3. The number of benzene rings is 1. The van der Waals surface area contributed by atoms with E-state index in [1.165, 1.54) is 6.92 Å². The Morgan fingerprint density at radius 2 is 1.95 bits per heavy atom. The number of halogens is 3. The minimum Gasteiger partial charge on any atom is -0.478 e. The Morgan fingerprint density at radius 3 is 2.57 bits per heavy atom. The number of aryl methyl sites for hydroxylation is 1. The third-order valence-corrected chi connectivity index (χ3v) is 3.72. The molecule has 2 N–H and O–H groups in total. The van der Waals surface area contributed by atoms with Crippen molar-refractivity contribution in [2.45, 2.75) is 6.92 Å². The number of hydrogen-bond acceptors (Lipinski definition) is 4. The Balaban J connectivity index is 2.35. The number of nitrogens with one attached hydrogen (secondary N) is 1. The van der Waals surface area contributed by atoms with E-state index >= 15 is 0 Å². The maximum absolute atomic E-state index is 13.2. The van der Waals surface area contributed by atoms with Crippen molar-refractivity contribution >= 4 is 40.0 Å². The molecule has 0 radical (unpaired) electrons. The predicted octanol–water partition coefficient (Wildman–Crippen LogP) is 3.33. The number of rotatable bonds is 3. The molecular weight excluding hydrogens is 326 g/mol. The van der Waals surface area contributed by atoms with Gasteiger partial charge >= 0.3 is 5.97 Å². The monoisotopic (exact) mass is 332 g/mol. The van der Waals surface area contributed by atoms with Gasteiger partial charge in [0.1, 0.15) is 10.6 Å². The fourth-order valence-corrected chi connectivity index (χ4v) is 2.59. The summed E-state index contributed by atoms with van der Waals surface area (Å²) < 4.78 is 29.9. The zero-order chi connectivity index (χ0) is 15.7. The minimum absolute atomic E-state index is 0.00852. The lowest BCUT2D eigenvalue weighted by Crippen LogP contribution is -2.14. The van der Waals surface area contributed by atoms with Gasteiger partial charge in [0.25, 0.3) is 5.91 Å². The largest absolute Gasteiger partial charge is 0.478 e. The number of carboxylic acid groups (broad SMARTS) is 1. The molecule has 0 saturated carbocycles. The first-order valence-electron chi connectivity index (χ1n) is 5.46. The summed E-state index contributed by atoms with van der Waals surface area (Å²) in [5, 5.41) is 11.0. The van der Waals surface area contributed by atoms with Crippen LogP contribution in [0.25, 0.3) is 0 Å². The van der Waals surface area contributed by atoms with Gasteiger partial charge in [0.15, 0.2) is 11.6 Å². The first-order valence-corrected chi connectivity index (χ1v) is 6.62. The highest BCUT2D eigenvalue weighted by Gasteiger charge is 2.21. The molecule has 0 fully saturated rings. The number of carbonyl (C=O) groups excluding carboxylic acids is 1. The van der Waals surface area contributed by atoms with Gasteiger partial charge in [-0.15, -0.1) is 0 Å². The van der Waals surface area contributed by atoms with E-state index in [0.29, 0.717) is 12.1 Å². The summed E-state index contributed by atoms with van der Waals surface area (Å²) in [6, 6.07) is 1.31. The van der Waals surface area contributed by atoms with Crippen molar-refractivity contribution in [3.63, 3.8) is 0 Å². The topological polar surface area (TPSA) is 79.3 Å². The van der Waals surface area contributed by atoms with Gasteiger partial charge in [0, 0.05) is 0 Å². The van der Waals surface area contributed by atoms with Crippen LogP contribution in [0.15, 0.2) is 12.1 Å². The van der Waals surface area contributed by atoms with Crippen molar-refractivity contribution in [3.8, 4) is 0 Å². The number of aromatic carboxylic acids is 1. The molecule has 9 heteroatoms. The second kappa shape index (κ2) is 5.74. The molecule has 0 atom stereocenters. The molecule has 0 aliphatic rings. The quantitative estimate of drug-likeness (QED) is 0.845. The zero-order valence-corrected chi connectivity index (χ0v) is 12.0. The highest BCUT2D eigenvalue weighted by molar-refractivity contribution is 7.11. The molecule has 0 bridgehead atoms. The van der Waals surface area contributed by atoms with Gasteiger partial charge in [-0.3, -0.25) is 4.79 Å². The molecule has 2 aromatic rings. The summed E-state index contributed by atoms with van der Waals surface area (Å²) in [4.78, 5) is 23.1. The lowest BCUT2D eigenvalue weighted by molar-refractivity contribution is 0.0697. The second-order valence-electron chi connectivity index (χ2n) is 3.98. The van der Waals surface area contributed by atoms with Gasteiger partial charge in [0.05, 0.1) is 16.3 Å². The number of carboxylic acids is 1. The van der Waals surface area contributed by atoms with Crippen LogP contribution < -0.4 is 5.32 Å². The van der Waals surface area contributed by atoms with Crippen LogP contribution in [-0.4, -0.2) is 21.4 Å². The maximum Gasteiger partial charge on any atom is 0.340 e. The van der Waals surface area contributed by atoms with Crippen molar-refractivity contribution in [3.05, 3.63) is 45.6 Å². The fourth-order valence-electron chi connectivity index (χ4n) is 1.57. The lowest BCUT2D eigenvalue weighted by Gasteiger charge is -2.06. The second-order valence-corrected chi connectivity index (χ2v) is 5.16. The molecular formula is C12H7ClF2N2O3S. The molecule has 21 heavy (non-hydrogen) atoms. The third kappa shape index (κ3) is 3.01. The number of aromatic nitrogens is 1. The molecule has 1 aromatic heterocycles. The third-order valence-electron chi connectivity index (χ3n) is 2.56. The minimum atomic E-state index is -1.26. The number of anilines is 1. The first-order chi connectivity index (χ1) is 9.81.